The quantitative estimate of drug-likeness (QED) is 0.154. The van der Waals surface area contributed by atoms with Crippen molar-refractivity contribution in [3.05, 3.63) is 105 Å². The van der Waals surface area contributed by atoms with Crippen LogP contribution in [-0.2, 0) is 9.59 Å². The van der Waals surface area contributed by atoms with Crippen molar-refractivity contribution in [3.8, 4) is 0 Å². The number of nitrogens with one attached hydrogen (secondary N) is 3. The molecule has 198 valence electrons. The van der Waals surface area contributed by atoms with Crippen molar-refractivity contribution >= 4 is 80.9 Å². The molecule has 8 nitrogen and oxygen atoms in total. The van der Waals surface area contributed by atoms with Crippen molar-refractivity contribution in [1.29, 1.82) is 0 Å². The van der Waals surface area contributed by atoms with Gasteiger partial charge in [-0.15, -0.1) is 22.0 Å². The van der Waals surface area contributed by atoms with E-state index in [0.717, 1.165) is 9.90 Å². The highest BCUT2D eigenvalue weighted by molar-refractivity contribution is 8.00. The molecule has 4 aromatic rings. The standard InChI is InChI=1S/C27H21Cl2N5O3S2/c1-16-33-34-27(39-16)32-23(35)15-38-20-12-10-19(11-13-20)30-26(37)22(14-18-8-5-9-21(28)24(18)29)31-25(36)17-6-3-2-4-7-17/h2-14H,15H2,1H3,(H,30,37)(H,31,36)(H,32,34,35)/b22-14-. The van der Waals surface area contributed by atoms with Crippen LogP contribution in [0.15, 0.2) is 83.4 Å². The molecule has 0 saturated carbocycles. The second kappa shape index (κ2) is 13.4. The molecule has 0 atom stereocenters. The summed E-state index contributed by atoms with van der Waals surface area (Å²) in [5.41, 5.74) is 1.33. The van der Waals surface area contributed by atoms with E-state index < -0.39 is 11.8 Å². The molecule has 4 rings (SSSR count). The summed E-state index contributed by atoms with van der Waals surface area (Å²) in [6, 6.07) is 20.5. The number of carbonyl (C=O) groups excluding carboxylic acids is 3. The van der Waals surface area contributed by atoms with E-state index >= 15 is 0 Å². The summed E-state index contributed by atoms with van der Waals surface area (Å²) in [5.74, 6) is -1.02. The fourth-order valence-corrected chi connectivity index (χ4v) is 4.88. The van der Waals surface area contributed by atoms with Gasteiger partial charge in [0.15, 0.2) is 0 Å². The highest BCUT2D eigenvalue weighted by Gasteiger charge is 2.16. The molecule has 0 aliphatic carbocycles. The zero-order valence-corrected chi connectivity index (χ0v) is 23.5. The van der Waals surface area contributed by atoms with Gasteiger partial charge in [0.2, 0.25) is 11.0 Å². The molecule has 3 N–H and O–H groups in total. The van der Waals surface area contributed by atoms with Gasteiger partial charge in [-0.3, -0.25) is 19.7 Å². The first-order valence-corrected chi connectivity index (χ1v) is 14.0. The van der Waals surface area contributed by atoms with Crippen molar-refractivity contribution in [3.63, 3.8) is 0 Å². The van der Waals surface area contributed by atoms with Crippen molar-refractivity contribution in [2.75, 3.05) is 16.4 Å². The third-order valence-electron chi connectivity index (χ3n) is 5.06. The Morgan fingerprint density at radius 1 is 0.923 bits per heavy atom. The third-order valence-corrected chi connectivity index (χ3v) is 7.66. The van der Waals surface area contributed by atoms with E-state index in [1.807, 2.05) is 6.92 Å². The Kier molecular flexibility index (Phi) is 9.72. The number of hydrogen-bond acceptors (Lipinski definition) is 7. The van der Waals surface area contributed by atoms with Crippen LogP contribution in [-0.4, -0.2) is 33.7 Å². The van der Waals surface area contributed by atoms with Crippen LogP contribution in [0.5, 0.6) is 0 Å². The van der Waals surface area contributed by atoms with Crippen molar-refractivity contribution in [2.45, 2.75) is 11.8 Å². The number of halogens is 2. The molecule has 1 heterocycles. The maximum atomic E-state index is 13.2. The van der Waals surface area contributed by atoms with Gasteiger partial charge in [-0.2, -0.15) is 0 Å². The number of aryl methyl sites for hydroxylation is 1. The Hall–Kier alpha value is -3.70. The molecule has 3 amide bonds. The van der Waals surface area contributed by atoms with Crippen LogP contribution in [0, 0.1) is 6.92 Å². The number of rotatable bonds is 9. The van der Waals surface area contributed by atoms with Gasteiger partial charge in [-0.1, -0.05) is 64.9 Å². The van der Waals surface area contributed by atoms with Gasteiger partial charge in [0, 0.05) is 16.1 Å². The molecule has 0 unspecified atom stereocenters. The van der Waals surface area contributed by atoms with Gasteiger partial charge in [0.1, 0.15) is 10.7 Å². The number of amides is 3. The molecule has 1 aromatic heterocycles. The lowest BCUT2D eigenvalue weighted by molar-refractivity contribution is -0.114. The molecule has 0 aliphatic heterocycles. The maximum absolute atomic E-state index is 13.2. The first-order valence-electron chi connectivity index (χ1n) is 11.4. The Morgan fingerprint density at radius 3 is 2.36 bits per heavy atom. The molecule has 0 radical (unpaired) electrons. The van der Waals surface area contributed by atoms with Crippen LogP contribution in [0.2, 0.25) is 10.0 Å². The number of benzene rings is 3. The largest absolute Gasteiger partial charge is 0.321 e. The maximum Gasteiger partial charge on any atom is 0.272 e. The number of thioether (sulfide) groups is 1. The second-order valence-electron chi connectivity index (χ2n) is 7.96. The fraction of sp³-hybridized carbons (Fsp3) is 0.0741. The molecule has 0 saturated heterocycles. The molecule has 0 bridgehead atoms. The van der Waals surface area contributed by atoms with E-state index in [4.69, 9.17) is 23.2 Å². The Balaban J connectivity index is 1.44. The molecule has 39 heavy (non-hydrogen) atoms. The monoisotopic (exact) mass is 597 g/mol. The number of aromatic nitrogens is 2. The summed E-state index contributed by atoms with van der Waals surface area (Å²) in [6.07, 6.45) is 1.46. The predicted octanol–water partition coefficient (Wildman–Crippen LogP) is 6.29. The van der Waals surface area contributed by atoms with Crippen LogP contribution in [0.3, 0.4) is 0 Å². The minimum Gasteiger partial charge on any atom is -0.321 e. The summed E-state index contributed by atoms with van der Waals surface area (Å²) in [5, 5.41) is 17.7. The van der Waals surface area contributed by atoms with Gasteiger partial charge >= 0.3 is 0 Å². The average molecular weight is 599 g/mol. The molecule has 12 heteroatoms. The summed E-state index contributed by atoms with van der Waals surface area (Å²) >= 11 is 15.1. The smallest absolute Gasteiger partial charge is 0.272 e. The second-order valence-corrected chi connectivity index (χ2v) is 11.0. The van der Waals surface area contributed by atoms with E-state index in [-0.39, 0.29) is 22.4 Å². The Labute approximate surface area is 242 Å². The van der Waals surface area contributed by atoms with Crippen molar-refractivity contribution in [1.82, 2.24) is 15.5 Å². The van der Waals surface area contributed by atoms with Crippen LogP contribution < -0.4 is 16.0 Å². The summed E-state index contributed by atoms with van der Waals surface area (Å²) in [6.45, 7) is 1.81. The normalized spacial score (nSPS) is 11.1. The predicted molar refractivity (Wildman–Crippen MR) is 157 cm³/mol. The van der Waals surface area contributed by atoms with Crippen molar-refractivity contribution < 1.29 is 14.4 Å². The average Bonchev–Trinajstić information content (AvgIpc) is 3.34. The van der Waals surface area contributed by atoms with Crippen molar-refractivity contribution in [2.24, 2.45) is 0 Å². The first kappa shape index (κ1) is 28.3. The van der Waals surface area contributed by atoms with Crippen LogP contribution in [0.25, 0.3) is 6.08 Å². The lowest BCUT2D eigenvalue weighted by Crippen LogP contribution is -2.30. The van der Waals surface area contributed by atoms with Crippen LogP contribution in [0.4, 0.5) is 10.8 Å². The highest BCUT2D eigenvalue weighted by Crippen LogP contribution is 2.27. The minimum atomic E-state index is -0.553. The molecule has 0 aliphatic rings. The molecule has 3 aromatic carbocycles. The van der Waals surface area contributed by atoms with Crippen LogP contribution >= 0.6 is 46.3 Å². The van der Waals surface area contributed by atoms with Crippen LogP contribution in [0.1, 0.15) is 20.9 Å². The first-order chi connectivity index (χ1) is 18.8. The van der Waals surface area contributed by atoms with E-state index in [1.54, 1.807) is 72.8 Å². The topological polar surface area (TPSA) is 113 Å². The Bertz CT molecular complexity index is 1530. The lowest BCUT2D eigenvalue weighted by atomic mass is 10.1. The van der Waals surface area contributed by atoms with E-state index in [1.165, 1.54) is 29.2 Å². The number of nitrogens with zero attached hydrogens (tertiary/aromatic N) is 2. The molecular formula is C27H21Cl2N5O3S2. The van der Waals surface area contributed by atoms with E-state index in [9.17, 15) is 14.4 Å². The van der Waals surface area contributed by atoms with E-state index in [2.05, 4.69) is 26.1 Å². The minimum absolute atomic E-state index is 0.0185. The SMILES string of the molecule is Cc1nnc(NC(=O)CSc2ccc(NC(=O)/C(=C/c3cccc(Cl)c3Cl)NC(=O)c3ccccc3)cc2)s1. The zero-order chi connectivity index (χ0) is 27.8. The van der Waals surface area contributed by atoms with E-state index in [0.29, 0.717) is 27.0 Å². The van der Waals surface area contributed by atoms with Gasteiger partial charge in [0.05, 0.1) is 15.8 Å². The zero-order valence-electron chi connectivity index (χ0n) is 20.4. The fourth-order valence-electron chi connectivity index (χ4n) is 3.21. The third kappa shape index (κ3) is 8.14. The summed E-state index contributed by atoms with van der Waals surface area (Å²) < 4.78 is 0. The molecule has 0 fully saturated rings. The Morgan fingerprint density at radius 2 is 1.67 bits per heavy atom. The van der Waals surface area contributed by atoms with Gasteiger partial charge in [-0.25, -0.2) is 0 Å². The number of carbonyl (C=O) groups is 3. The number of anilines is 2. The highest BCUT2D eigenvalue weighted by atomic mass is 35.5. The summed E-state index contributed by atoms with van der Waals surface area (Å²) in [7, 11) is 0. The van der Waals surface area contributed by atoms with Gasteiger partial charge < -0.3 is 10.6 Å². The van der Waals surface area contributed by atoms with Gasteiger partial charge in [0.25, 0.3) is 11.8 Å². The lowest BCUT2D eigenvalue weighted by Gasteiger charge is -2.12. The van der Waals surface area contributed by atoms with Gasteiger partial charge in [-0.05, 0) is 61.0 Å². The summed E-state index contributed by atoms with van der Waals surface area (Å²) in [4.78, 5) is 39.0. The number of hydrogen-bond donors (Lipinski definition) is 3. The molecule has 0 spiro atoms. The molecular weight excluding hydrogens is 577 g/mol.